The SMILES string of the molecule is COc1ccc(-c2nc3ccc([N+](=O)[O-])cc3[nH]2)cc1N. The van der Waals surface area contributed by atoms with Crippen LogP contribution in [0.2, 0.25) is 0 Å². The van der Waals surface area contributed by atoms with E-state index in [0.29, 0.717) is 28.3 Å². The number of nitrogens with one attached hydrogen (secondary N) is 1. The van der Waals surface area contributed by atoms with Crippen LogP contribution >= 0.6 is 0 Å². The number of anilines is 1. The Hall–Kier alpha value is -3.09. The van der Waals surface area contributed by atoms with Gasteiger partial charge in [0.05, 0.1) is 28.8 Å². The van der Waals surface area contributed by atoms with E-state index in [0.717, 1.165) is 5.56 Å². The van der Waals surface area contributed by atoms with Gasteiger partial charge in [-0.15, -0.1) is 0 Å². The lowest BCUT2D eigenvalue weighted by atomic mass is 10.2. The molecule has 0 aliphatic rings. The minimum Gasteiger partial charge on any atom is -0.495 e. The summed E-state index contributed by atoms with van der Waals surface area (Å²) in [5, 5.41) is 10.8. The van der Waals surface area contributed by atoms with Crippen molar-refractivity contribution in [2.24, 2.45) is 0 Å². The van der Waals surface area contributed by atoms with Crippen molar-refractivity contribution >= 4 is 22.4 Å². The highest BCUT2D eigenvalue weighted by molar-refractivity contribution is 5.82. The lowest BCUT2D eigenvalue weighted by Crippen LogP contribution is -1.92. The summed E-state index contributed by atoms with van der Waals surface area (Å²) in [6.07, 6.45) is 0. The summed E-state index contributed by atoms with van der Waals surface area (Å²) in [7, 11) is 1.55. The highest BCUT2D eigenvalue weighted by atomic mass is 16.6. The van der Waals surface area contributed by atoms with Crippen LogP contribution in [0.4, 0.5) is 11.4 Å². The number of rotatable bonds is 3. The third-order valence-electron chi connectivity index (χ3n) is 3.18. The van der Waals surface area contributed by atoms with E-state index >= 15 is 0 Å². The molecule has 0 atom stereocenters. The van der Waals surface area contributed by atoms with E-state index < -0.39 is 4.92 Å². The van der Waals surface area contributed by atoms with Crippen molar-refractivity contribution in [2.45, 2.75) is 0 Å². The zero-order valence-electron chi connectivity index (χ0n) is 11.2. The Morgan fingerprint density at radius 1 is 1.29 bits per heavy atom. The molecule has 3 N–H and O–H groups in total. The van der Waals surface area contributed by atoms with E-state index in [9.17, 15) is 10.1 Å². The van der Waals surface area contributed by atoms with Gasteiger partial charge in [-0.1, -0.05) is 0 Å². The Kier molecular flexibility index (Phi) is 2.94. The van der Waals surface area contributed by atoms with Crippen LogP contribution in [0.1, 0.15) is 0 Å². The number of nitro benzene ring substituents is 1. The normalized spacial score (nSPS) is 10.7. The standard InChI is InChI=1S/C14H12N4O3/c1-21-13-5-2-8(6-10(13)15)14-16-11-4-3-9(18(19)20)7-12(11)17-14/h2-7H,15H2,1H3,(H,16,17). The Morgan fingerprint density at radius 2 is 2.10 bits per heavy atom. The molecule has 0 amide bonds. The third kappa shape index (κ3) is 2.25. The third-order valence-corrected chi connectivity index (χ3v) is 3.18. The number of hydrogen-bond donors (Lipinski definition) is 2. The maximum atomic E-state index is 10.8. The maximum absolute atomic E-state index is 10.8. The van der Waals surface area contributed by atoms with Crippen molar-refractivity contribution in [3.8, 4) is 17.1 Å². The number of aromatic amines is 1. The molecule has 0 fully saturated rings. The molecule has 0 aliphatic heterocycles. The van der Waals surface area contributed by atoms with Crippen LogP contribution in [-0.2, 0) is 0 Å². The average molecular weight is 284 g/mol. The van der Waals surface area contributed by atoms with Crippen molar-refractivity contribution in [1.82, 2.24) is 9.97 Å². The van der Waals surface area contributed by atoms with E-state index in [-0.39, 0.29) is 5.69 Å². The van der Waals surface area contributed by atoms with E-state index in [2.05, 4.69) is 9.97 Å². The first kappa shape index (κ1) is 12.9. The molecule has 21 heavy (non-hydrogen) atoms. The number of aromatic nitrogens is 2. The van der Waals surface area contributed by atoms with Gasteiger partial charge in [-0.25, -0.2) is 4.98 Å². The minimum absolute atomic E-state index is 0.0203. The fraction of sp³-hybridized carbons (Fsp3) is 0.0714. The van der Waals surface area contributed by atoms with Crippen molar-refractivity contribution in [3.05, 3.63) is 46.5 Å². The number of nitrogen functional groups attached to an aromatic ring is 1. The number of methoxy groups -OCH3 is 1. The van der Waals surface area contributed by atoms with Gasteiger partial charge < -0.3 is 15.5 Å². The molecule has 3 aromatic rings. The number of nitrogens with two attached hydrogens (primary N) is 1. The molecule has 0 radical (unpaired) electrons. The summed E-state index contributed by atoms with van der Waals surface area (Å²) in [5.41, 5.74) is 8.44. The Labute approximate surface area is 119 Å². The second-order valence-electron chi connectivity index (χ2n) is 4.50. The van der Waals surface area contributed by atoms with Gasteiger partial charge in [0.1, 0.15) is 11.6 Å². The molecule has 106 valence electrons. The fourth-order valence-electron chi connectivity index (χ4n) is 2.13. The number of nitrogens with zero attached hydrogens (tertiary/aromatic N) is 2. The van der Waals surface area contributed by atoms with Gasteiger partial charge in [0.2, 0.25) is 0 Å². The number of ether oxygens (including phenoxy) is 1. The van der Waals surface area contributed by atoms with Crippen LogP contribution in [0.3, 0.4) is 0 Å². The molecule has 7 nitrogen and oxygen atoms in total. The summed E-state index contributed by atoms with van der Waals surface area (Å²) in [4.78, 5) is 17.8. The largest absolute Gasteiger partial charge is 0.495 e. The van der Waals surface area contributed by atoms with Crippen LogP contribution in [-0.4, -0.2) is 22.0 Å². The van der Waals surface area contributed by atoms with E-state index in [1.54, 1.807) is 25.3 Å². The molecule has 3 rings (SSSR count). The Balaban J connectivity index is 2.08. The number of nitro groups is 1. The molecule has 0 unspecified atom stereocenters. The minimum atomic E-state index is -0.439. The van der Waals surface area contributed by atoms with E-state index in [4.69, 9.17) is 10.5 Å². The molecular weight excluding hydrogens is 272 g/mol. The number of imidazole rings is 1. The van der Waals surface area contributed by atoms with Gasteiger partial charge in [-0.3, -0.25) is 10.1 Å². The van der Waals surface area contributed by atoms with Gasteiger partial charge in [-0.2, -0.15) is 0 Å². The number of H-pyrrole nitrogens is 1. The second kappa shape index (κ2) is 4.78. The van der Waals surface area contributed by atoms with Gasteiger partial charge in [0.25, 0.3) is 5.69 Å². The highest BCUT2D eigenvalue weighted by Crippen LogP contribution is 2.28. The summed E-state index contributed by atoms with van der Waals surface area (Å²) in [6, 6.07) is 9.81. The van der Waals surface area contributed by atoms with Crippen LogP contribution in [0.25, 0.3) is 22.4 Å². The number of hydrogen-bond acceptors (Lipinski definition) is 5. The molecule has 0 spiro atoms. The number of fused-ring (bicyclic) bond motifs is 1. The lowest BCUT2D eigenvalue weighted by Gasteiger charge is -2.05. The van der Waals surface area contributed by atoms with Crippen LogP contribution in [0, 0.1) is 10.1 Å². The Morgan fingerprint density at radius 3 is 2.76 bits per heavy atom. The van der Waals surface area contributed by atoms with Gasteiger partial charge in [-0.05, 0) is 24.3 Å². The summed E-state index contributed by atoms with van der Waals surface area (Å²) < 4.78 is 5.11. The smallest absolute Gasteiger partial charge is 0.271 e. The molecule has 1 aromatic heterocycles. The fourth-order valence-corrected chi connectivity index (χ4v) is 2.13. The lowest BCUT2D eigenvalue weighted by molar-refractivity contribution is -0.384. The zero-order chi connectivity index (χ0) is 15.0. The predicted octanol–water partition coefficient (Wildman–Crippen LogP) is 2.73. The molecule has 2 aromatic carbocycles. The molecule has 0 saturated heterocycles. The van der Waals surface area contributed by atoms with Crippen LogP contribution < -0.4 is 10.5 Å². The molecule has 0 bridgehead atoms. The van der Waals surface area contributed by atoms with Crippen molar-refractivity contribution in [1.29, 1.82) is 0 Å². The first-order valence-electron chi connectivity index (χ1n) is 6.16. The molecule has 7 heteroatoms. The highest BCUT2D eigenvalue weighted by Gasteiger charge is 2.11. The van der Waals surface area contributed by atoms with Crippen LogP contribution in [0.5, 0.6) is 5.75 Å². The Bertz CT molecular complexity index is 841. The monoisotopic (exact) mass is 284 g/mol. The molecular formula is C14H12N4O3. The number of benzene rings is 2. The summed E-state index contributed by atoms with van der Waals surface area (Å²) in [6.45, 7) is 0. The van der Waals surface area contributed by atoms with Crippen molar-refractivity contribution in [3.63, 3.8) is 0 Å². The van der Waals surface area contributed by atoms with Crippen LogP contribution in [0.15, 0.2) is 36.4 Å². The maximum Gasteiger partial charge on any atom is 0.271 e. The zero-order valence-corrected chi connectivity index (χ0v) is 11.2. The molecule has 0 saturated carbocycles. The quantitative estimate of drug-likeness (QED) is 0.437. The first-order chi connectivity index (χ1) is 10.1. The summed E-state index contributed by atoms with van der Waals surface area (Å²) in [5.74, 6) is 1.19. The van der Waals surface area contributed by atoms with E-state index in [1.165, 1.54) is 12.1 Å². The summed E-state index contributed by atoms with van der Waals surface area (Å²) >= 11 is 0. The van der Waals surface area contributed by atoms with Crippen molar-refractivity contribution in [2.75, 3.05) is 12.8 Å². The first-order valence-corrected chi connectivity index (χ1v) is 6.16. The van der Waals surface area contributed by atoms with Gasteiger partial charge >= 0.3 is 0 Å². The van der Waals surface area contributed by atoms with E-state index in [1.807, 2.05) is 6.07 Å². The van der Waals surface area contributed by atoms with Gasteiger partial charge in [0.15, 0.2) is 0 Å². The van der Waals surface area contributed by atoms with Crippen molar-refractivity contribution < 1.29 is 9.66 Å². The number of non-ortho nitro benzene ring substituents is 1. The molecule has 1 heterocycles. The predicted molar refractivity (Wildman–Crippen MR) is 79.1 cm³/mol. The average Bonchev–Trinajstić information content (AvgIpc) is 2.89. The topological polar surface area (TPSA) is 107 Å². The molecule has 0 aliphatic carbocycles. The van der Waals surface area contributed by atoms with Gasteiger partial charge in [0, 0.05) is 17.7 Å². The second-order valence-corrected chi connectivity index (χ2v) is 4.50.